The Morgan fingerprint density at radius 3 is 2.72 bits per heavy atom. The Morgan fingerprint density at radius 2 is 2.09 bits per heavy atom. The summed E-state index contributed by atoms with van der Waals surface area (Å²) in [5, 5.41) is 40.0. The quantitative estimate of drug-likeness (QED) is 0.0377. The molecule has 4 aliphatic heterocycles. The van der Waals surface area contributed by atoms with E-state index in [1.165, 1.54) is 47.8 Å². The lowest BCUT2D eigenvalue weighted by Gasteiger charge is -2.49. The second kappa shape index (κ2) is 13.3. The number of aliphatic hydroxyl groups excluding tert-OH is 2. The van der Waals surface area contributed by atoms with Crippen molar-refractivity contribution in [3.05, 3.63) is 45.5 Å². The molecule has 0 spiro atoms. The number of β-lactam (4-membered cyclic amide) rings is 1. The number of thioether (sulfide) groups is 2. The Morgan fingerprint density at radius 1 is 1.33 bits per heavy atom. The lowest BCUT2D eigenvalue weighted by atomic mass is 10.0. The SMILES string of the molecule is CC(C)(O/N=C(\C(=O)NC1C(=O)N2C(C(=O)O)=C(CSC3=CC(CO)=NC4=CN(CO)NN43)CS[C@H]12)c1csc(N)n1)C(=O)NN. The van der Waals surface area contributed by atoms with Crippen molar-refractivity contribution >= 4 is 75.1 Å². The van der Waals surface area contributed by atoms with Gasteiger partial charge in [-0.2, -0.15) is 0 Å². The number of nitrogen functional groups attached to an aromatic ring is 1. The molecule has 22 heteroatoms. The highest BCUT2D eigenvalue weighted by atomic mass is 32.2. The molecule has 0 radical (unpaired) electrons. The van der Waals surface area contributed by atoms with Crippen LogP contribution in [0.15, 0.2) is 49.9 Å². The van der Waals surface area contributed by atoms with Gasteiger partial charge in [0.2, 0.25) is 5.60 Å². The van der Waals surface area contributed by atoms with E-state index < -0.39 is 40.7 Å². The van der Waals surface area contributed by atoms with E-state index in [0.29, 0.717) is 22.1 Å². The van der Waals surface area contributed by atoms with Crippen molar-refractivity contribution in [2.75, 3.05) is 30.6 Å². The number of hydrogen-bond acceptors (Lipinski definition) is 18. The molecule has 2 atom stereocenters. The third kappa shape index (κ3) is 6.40. The number of hydrogen-bond donors (Lipinski definition) is 8. The molecule has 46 heavy (non-hydrogen) atoms. The number of anilines is 1. The van der Waals surface area contributed by atoms with Crippen molar-refractivity contribution in [3.63, 3.8) is 0 Å². The topological polar surface area (TPSA) is 274 Å². The summed E-state index contributed by atoms with van der Waals surface area (Å²) < 4.78 is 0. The highest BCUT2D eigenvalue weighted by molar-refractivity contribution is 8.03. The van der Waals surface area contributed by atoms with Gasteiger partial charge < -0.3 is 31.2 Å². The number of oxime groups is 1. The fourth-order valence-corrected chi connectivity index (χ4v) is 7.50. The predicted molar refractivity (Wildman–Crippen MR) is 167 cm³/mol. The van der Waals surface area contributed by atoms with Gasteiger partial charge in [-0.1, -0.05) is 5.16 Å². The zero-order valence-corrected chi connectivity index (χ0v) is 26.6. The molecule has 0 bridgehead atoms. The first-order valence-electron chi connectivity index (χ1n) is 13.3. The molecule has 0 aromatic carbocycles. The first kappa shape index (κ1) is 33.2. The molecular weight excluding hydrogens is 667 g/mol. The Labute approximate surface area is 273 Å². The van der Waals surface area contributed by atoms with Crippen molar-refractivity contribution in [1.29, 1.82) is 0 Å². The van der Waals surface area contributed by atoms with E-state index in [4.69, 9.17) is 16.4 Å². The van der Waals surface area contributed by atoms with Gasteiger partial charge in [0.05, 0.1) is 23.5 Å². The number of fused-ring (bicyclic) bond motifs is 2. The number of nitrogens with one attached hydrogen (secondary N) is 3. The number of hydrazine groups is 3. The molecule has 1 aromatic heterocycles. The third-order valence-corrected chi connectivity index (χ3v) is 9.87. The molecule has 0 saturated carbocycles. The fraction of sp³-hybridized carbons (Fsp3) is 0.375. The van der Waals surface area contributed by atoms with Crippen LogP contribution in [-0.4, -0.2) is 112 Å². The Hall–Kier alpha value is -4.19. The van der Waals surface area contributed by atoms with Crippen molar-refractivity contribution in [1.82, 2.24) is 36.2 Å². The highest BCUT2D eigenvalue weighted by Gasteiger charge is 2.54. The first-order valence-corrected chi connectivity index (χ1v) is 16.2. The molecule has 5 heterocycles. The molecule has 246 valence electrons. The van der Waals surface area contributed by atoms with Gasteiger partial charge in [-0.3, -0.25) is 29.7 Å². The van der Waals surface area contributed by atoms with Crippen LogP contribution in [0.4, 0.5) is 5.13 Å². The highest BCUT2D eigenvalue weighted by Crippen LogP contribution is 2.42. The van der Waals surface area contributed by atoms with Crippen LogP contribution < -0.4 is 27.9 Å². The van der Waals surface area contributed by atoms with E-state index in [2.05, 4.69) is 26.0 Å². The Kier molecular flexibility index (Phi) is 9.57. The van der Waals surface area contributed by atoms with Gasteiger partial charge in [0, 0.05) is 16.9 Å². The molecular formula is C24H29N11O8S3. The molecule has 0 aliphatic carbocycles. The average molecular weight is 696 g/mol. The number of aliphatic hydroxyl groups is 2. The molecule has 10 N–H and O–H groups in total. The van der Waals surface area contributed by atoms with Crippen LogP contribution >= 0.6 is 34.9 Å². The number of rotatable bonds is 12. The molecule has 1 fully saturated rings. The van der Waals surface area contributed by atoms with Gasteiger partial charge in [-0.15, -0.1) is 40.4 Å². The number of aliphatic carboxylic acids is 1. The van der Waals surface area contributed by atoms with Crippen LogP contribution in [0.25, 0.3) is 0 Å². The van der Waals surface area contributed by atoms with Crippen LogP contribution in [0, 0.1) is 0 Å². The molecule has 4 aliphatic rings. The molecule has 1 unspecified atom stereocenters. The second-order valence-corrected chi connectivity index (χ2v) is 13.3. The first-order chi connectivity index (χ1) is 21.9. The van der Waals surface area contributed by atoms with Gasteiger partial charge >= 0.3 is 5.97 Å². The van der Waals surface area contributed by atoms with Crippen molar-refractivity contribution in [2.45, 2.75) is 30.9 Å². The Bertz CT molecular complexity index is 1620. The summed E-state index contributed by atoms with van der Waals surface area (Å²) in [5.41, 5.74) is 9.32. The minimum absolute atomic E-state index is 0.0355. The van der Waals surface area contributed by atoms with E-state index in [1.54, 1.807) is 17.3 Å². The standard InChI is InChI=1S/C24H29N11O8S3/c1-24(2,22(42)30-26)43-31-15(12-8-46-23(25)28-12)18(38)29-16-19(39)34-17(21(40)41)10(7-45-20(16)34)6-44-14-3-11(5-36)27-13-4-33(9-37)32-35(13)14/h3-4,8,16,20,32,36-37H,5-7,9,26H2,1-2H3,(H2,25,28)(H,29,38)(H,30,42)(H,40,41)/b31-15-/t16?,20-/m1/s1. The molecule has 3 amide bonds. The summed E-state index contributed by atoms with van der Waals surface area (Å²) in [6, 6.07) is -1.10. The molecule has 5 rings (SSSR count). The number of nitrogens with zero attached hydrogens (tertiary/aromatic N) is 6. The number of aliphatic imine (C=N–C) groups is 1. The van der Waals surface area contributed by atoms with E-state index in [1.807, 2.05) is 5.43 Å². The van der Waals surface area contributed by atoms with Gasteiger partial charge in [0.1, 0.15) is 29.5 Å². The lowest BCUT2D eigenvalue weighted by molar-refractivity contribution is -0.150. The number of carbonyl (C=O) groups is 4. The average Bonchev–Trinajstić information content (AvgIpc) is 3.67. The molecule has 1 saturated heterocycles. The maximum Gasteiger partial charge on any atom is 0.352 e. The van der Waals surface area contributed by atoms with Crippen molar-refractivity contribution in [3.8, 4) is 0 Å². The Balaban J connectivity index is 1.32. The zero-order valence-electron chi connectivity index (χ0n) is 24.2. The number of amides is 3. The minimum Gasteiger partial charge on any atom is -0.477 e. The monoisotopic (exact) mass is 695 g/mol. The van der Waals surface area contributed by atoms with Crippen LogP contribution in [-0.2, 0) is 24.0 Å². The largest absolute Gasteiger partial charge is 0.477 e. The number of carboxylic acids is 1. The minimum atomic E-state index is -1.57. The predicted octanol–water partition coefficient (Wildman–Crippen LogP) is -2.24. The van der Waals surface area contributed by atoms with E-state index >= 15 is 0 Å². The third-order valence-electron chi connectivity index (χ3n) is 6.77. The van der Waals surface area contributed by atoms with Crippen molar-refractivity contribution < 1.29 is 39.3 Å². The second-order valence-electron chi connectivity index (χ2n) is 10.3. The van der Waals surface area contributed by atoms with E-state index in [9.17, 15) is 34.5 Å². The maximum absolute atomic E-state index is 13.4. The number of nitrogens with two attached hydrogens (primary N) is 2. The van der Waals surface area contributed by atoms with Crippen LogP contribution in [0.3, 0.4) is 0 Å². The molecule has 1 aromatic rings. The van der Waals surface area contributed by atoms with E-state index in [0.717, 1.165) is 16.2 Å². The maximum atomic E-state index is 13.4. The summed E-state index contributed by atoms with van der Waals surface area (Å²) in [6.45, 7) is 2.07. The van der Waals surface area contributed by atoms with Crippen LogP contribution in [0.1, 0.15) is 19.5 Å². The van der Waals surface area contributed by atoms with Gasteiger partial charge in [0.25, 0.3) is 17.7 Å². The van der Waals surface area contributed by atoms with Crippen molar-refractivity contribution in [2.24, 2.45) is 16.0 Å². The summed E-state index contributed by atoms with van der Waals surface area (Å²) in [5.74, 6) is 2.47. The van der Waals surface area contributed by atoms with Gasteiger partial charge in [-0.25, -0.2) is 25.6 Å². The summed E-state index contributed by atoms with van der Waals surface area (Å²) in [6.07, 6.45) is 3.17. The zero-order chi connectivity index (χ0) is 33.3. The fourth-order valence-electron chi connectivity index (χ4n) is 4.43. The normalized spacial score (nSPS) is 21.2. The number of carboxylic acid groups (broad SMARTS) is 1. The smallest absolute Gasteiger partial charge is 0.352 e. The molecule has 19 nitrogen and oxygen atoms in total. The van der Waals surface area contributed by atoms with Gasteiger partial charge in [0.15, 0.2) is 16.7 Å². The summed E-state index contributed by atoms with van der Waals surface area (Å²) in [7, 11) is 0. The number of carbonyl (C=O) groups excluding carboxylic acids is 3. The summed E-state index contributed by atoms with van der Waals surface area (Å²) in [4.78, 5) is 65.9. The van der Waals surface area contributed by atoms with E-state index in [-0.39, 0.29) is 47.1 Å². The summed E-state index contributed by atoms with van der Waals surface area (Å²) >= 11 is 3.54. The van der Waals surface area contributed by atoms with Gasteiger partial charge in [-0.05, 0) is 25.5 Å². The van der Waals surface area contributed by atoms with Crippen LogP contribution in [0.2, 0.25) is 0 Å². The lowest BCUT2D eigenvalue weighted by Crippen LogP contribution is -2.71. The van der Waals surface area contributed by atoms with Crippen LogP contribution in [0.5, 0.6) is 0 Å². The number of thiazole rings is 1. The number of aromatic nitrogens is 1.